The van der Waals surface area contributed by atoms with Gasteiger partial charge in [-0.1, -0.05) is 44.2 Å². The Balaban J connectivity index is 1.84. The maximum atomic E-state index is 12.8. The van der Waals surface area contributed by atoms with Crippen molar-refractivity contribution in [2.75, 3.05) is 6.54 Å². The van der Waals surface area contributed by atoms with Crippen LogP contribution in [0.25, 0.3) is 11.1 Å². The Bertz CT molecular complexity index is 987. The number of hydrogen-bond donors (Lipinski definition) is 3. The lowest BCUT2D eigenvalue weighted by Gasteiger charge is -2.30. The molecule has 1 aliphatic rings. The Morgan fingerprint density at radius 3 is 2.23 bits per heavy atom. The van der Waals surface area contributed by atoms with Crippen molar-refractivity contribution in [2.45, 2.75) is 25.6 Å². The van der Waals surface area contributed by atoms with Gasteiger partial charge < -0.3 is 10.6 Å². The van der Waals surface area contributed by atoms with Crippen LogP contribution in [0.4, 0.5) is 18.0 Å². The summed E-state index contributed by atoms with van der Waals surface area (Å²) in [5.74, 6) is -1.34. The monoisotopic (exact) mass is 419 g/mol. The number of benzene rings is 2. The molecular formula is C21H20F3N3O3. The summed E-state index contributed by atoms with van der Waals surface area (Å²) in [6, 6.07) is 10.3. The molecule has 2 aromatic rings. The van der Waals surface area contributed by atoms with Crippen molar-refractivity contribution in [3.8, 4) is 11.1 Å². The summed E-state index contributed by atoms with van der Waals surface area (Å²) >= 11 is 0. The van der Waals surface area contributed by atoms with Crippen LogP contribution in [0.2, 0.25) is 0 Å². The van der Waals surface area contributed by atoms with Gasteiger partial charge in [0.15, 0.2) is 0 Å². The minimum absolute atomic E-state index is 0.136. The van der Waals surface area contributed by atoms with Crippen LogP contribution in [0, 0.1) is 5.92 Å². The van der Waals surface area contributed by atoms with Crippen LogP contribution in [0.5, 0.6) is 0 Å². The highest BCUT2D eigenvalue weighted by Gasteiger charge is 2.48. The highest BCUT2D eigenvalue weighted by atomic mass is 19.4. The zero-order chi connectivity index (χ0) is 22.1. The molecule has 9 heteroatoms. The van der Waals surface area contributed by atoms with Crippen LogP contribution in [0.15, 0.2) is 48.5 Å². The number of amides is 4. The average Bonchev–Trinajstić information content (AvgIpc) is 3.00. The first-order valence-corrected chi connectivity index (χ1v) is 9.23. The van der Waals surface area contributed by atoms with E-state index in [2.05, 4.69) is 16.0 Å². The van der Waals surface area contributed by atoms with E-state index in [-0.39, 0.29) is 18.0 Å². The van der Waals surface area contributed by atoms with Gasteiger partial charge in [0.05, 0.1) is 12.1 Å². The van der Waals surface area contributed by atoms with E-state index in [4.69, 9.17) is 0 Å². The Labute approximate surface area is 170 Å². The Morgan fingerprint density at radius 1 is 1.07 bits per heavy atom. The SMILES string of the molecule is CC(C)C1(CNC(=O)c2ccccc2-c2ccc(C(F)(F)F)cc2)NC(=O)NC1=O. The van der Waals surface area contributed by atoms with Gasteiger partial charge in [-0.25, -0.2) is 4.79 Å². The van der Waals surface area contributed by atoms with Gasteiger partial charge in [0.25, 0.3) is 11.8 Å². The van der Waals surface area contributed by atoms with Crippen molar-refractivity contribution >= 4 is 17.8 Å². The first kappa shape index (κ1) is 21.4. The highest BCUT2D eigenvalue weighted by molar-refractivity contribution is 6.08. The fourth-order valence-corrected chi connectivity index (χ4v) is 3.33. The number of alkyl halides is 3. The minimum atomic E-state index is -4.45. The van der Waals surface area contributed by atoms with E-state index < -0.39 is 35.1 Å². The van der Waals surface area contributed by atoms with Gasteiger partial charge in [0.2, 0.25) is 0 Å². The first-order chi connectivity index (χ1) is 14.0. The fourth-order valence-electron chi connectivity index (χ4n) is 3.33. The summed E-state index contributed by atoms with van der Waals surface area (Å²) in [6.07, 6.45) is -4.45. The van der Waals surface area contributed by atoms with Crippen molar-refractivity contribution in [1.82, 2.24) is 16.0 Å². The molecule has 1 unspecified atom stereocenters. The molecule has 1 aliphatic heterocycles. The quantitative estimate of drug-likeness (QED) is 0.650. The molecule has 0 aromatic heterocycles. The molecule has 0 spiro atoms. The summed E-state index contributed by atoms with van der Waals surface area (Å²) in [5, 5.41) is 7.41. The van der Waals surface area contributed by atoms with Gasteiger partial charge >= 0.3 is 12.2 Å². The topological polar surface area (TPSA) is 87.3 Å². The molecule has 4 amide bonds. The maximum absolute atomic E-state index is 12.8. The molecule has 30 heavy (non-hydrogen) atoms. The number of rotatable bonds is 5. The minimum Gasteiger partial charge on any atom is -0.349 e. The molecule has 6 nitrogen and oxygen atoms in total. The number of imide groups is 1. The number of urea groups is 1. The molecule has 1 atom stereocenters. The number of carbonyl (C=O) groups excluding carboxylic acids is 3. The van der Waals surface area contributed by atoms with Crippen LogP contribution in [0.1, 0.15) is 29.8 Å². The second-order valence-corrected chi connectivity index (χ2v) is 7.34. The van der Waals surface area contributed by atoms with E-state index in [0.717, 1.165) is 12.1 Å². The molecule has 0 aliphatic carbocycles. The summed E-state index contributed by atoms with van der Waals surface area (Å²) in [5.41, 5.74) is -0.937. The fraction of sp³-hybridized carbons (Fsp3) is 0.286. The molecule has 1 saturated heterocycles. The van der Waals surface area contributed by atoms with Crippen LogP contribution in [-0.2, 0) is 11.0 Å². The van der Waals surface area contributed by atoms with Gasteiger partial charge in [-0.05, 0) is 35.2 Å². The molecule has 3 N–H and O–H groups in total. The molecule has 1 fully saturated rings. The van der Waals surface area contributed by atoms with Gasteiger partial charge in [0.1, 0.15) is 5.54 Å². The molecule has 2 aromatic carbocycles. The number of carbonyl (C=O) groups is 3. The molecule has 1 heterocycles. The van der Waals surface area contributed by atoms with E-state index in [1.807, 2.05) is 0 Å². The number of halogens is 3. The summed E-state index contributed by atoms with van der Waals surface area (Å²) in [4.78, 5) is 36.7. The van der Waals surface area contributed by atoms with Gasteiger partial charge in [-0.15, -0.1) is 0 Å². The smallest absolute Gasteiger partial charge is 0.349 e. The van der Waals surface area contributed by atoms with Gasteiger partial charge in [0, 0.05) is 5.56 Å². The zero-order valence-corrected chi connectivity index (χ0v) is 16.3. The van der Waals surface area contributed by atoms with Crippen LogP contribution in [0.3, 0.4) is 0 Å². The van der Waals surface area contributed by atoms with E-state index in [1.165, 1.54) is 18.2 Å². The van der Waals surface area contributed by atoms with Crippen molar-refractivity contribution in [1.29, 1.82) is 0 Å². The zero-order valence-electron chi connectivity index (χ0n) is 16.3. The van der Waals surface area contributed by atoms with E-state index >= 15 is 0 Å². The normalized spacial score (nSPS) is 18.9. The summed E-state index contributed by atoms with van der Waals surface area (Å²) in [7, 11) is 0. The lowest BCUT2D eigenvalue weighted by molar-refractivity contribution is -0.137. The molecule has 0 radical (unpaired) electrons. The third kappa shape index (κ3) is 4.00. The Morgan fingerprint density at radius 2 is 1.70 bits per heavy atom. The number of nitrogens with one attached hydrogen (secondary N) is 3. The lowest BCUT2D eigenvalue weighted by Crippen LogP contribution is -2.58. The second-order valence-electron chi connectivity index (χ2n) is 7.34. The Hall–Kier alpha value is -3.36. The highest BCUT2D eigenvalue weighted by Crippen LogP contribution is 2.32. The second kappa shape index (κ2) is 7.81. The molecule has 0 saturated carbocycles. The predicted molar refractivity (Wildman–Crippen MR) is 103 cm³/mol. The summed E-state index contributed by atoms with van der Waals surface area (Å²) < 4.78 is 38.4. The first-order valence-electron chi connectivity index (χ1n) is 9.23. The maximum Gasteiger partial charge on any atom is 0.416 e. The predicted octanol–water partition coefficient (Wildman–Crippen LogP) is 3.34. The third-order valence-electron chi connectivity index (χ3n) is 5.18. The van der Waals surface area contributed by atoms with Crippen LogP contribution >= 0.6 is 0 Å². The third-order valence-corrected chi connectivity index (χ3v) is 5.18. The Kier molecular flexibility index (Phi) is 5.56. The van der Waals surface area contributed by atoms with E-state index in [9.17, 15) is 27.6 Å². The van der Waals surface area contributed by atoms with Crippen molar-refractivity contribution < 1.29 is 27.6 Å². The lowest BCUT2D eigenvalue weighted by atomic mass is 9.86. The van der Waals surface area contributed by atoms with Gasteiger partial charge in [-0.3, -0.25) is 14.9 Å². The molecule has 158 valence electrons. The van der Waals surface area contributed by atoms with E-state index in [0.29, 0.717) is 11.1 Å². The van der Waals surface area contributed by atoms with Crippen molar-refractivity contribution in [2.24, 2.45) is 5.92 Å². The van der Waals surface area contributed by atoms with Crippen LogP contribution < -0.4 is 16.0 Å². The molecule has 0 bridgehead atoms. The molecule has 3 rings (SSSR count). The molecular weight excluding hydrogens is 399 g/mol. The van der Waals surface area contributed by atoms with Gasteiger partial charge in [-0.2, -0.15) is 13.2 Å². The summed E-state index contributed by atoms with van der Waals surface area (Å²) in [6.45, 7) is 3.35. The van der Waals surface area contributed by atoms with E-state index in [1.54, 1.807) is 32.0 Å². The average molecular weight is 419 g/mol. The standard InChI is InChI=1S/C21H20F3N3O3/c1-12(2)20(18(29)26-19(30)27-20)11-25-17(28)16-6-4-3-5-15(16)13-7-9-14(10-8-13)21(22,23)24/h3-10,12H,11H2,1-2H3,(H,25,28)(H2,26,27,29,30). The largest absolute Gasteiger partial charge is 0.416 e. The van der Waals surface area contributed by atoms with Crippen LogP contribution in [-0.4, -0.2) is 29.9 Å². The van der Waals surface area contributed by atoms with Crippen molar-refractivity contribution in [3.63, 3.8) is 0 Å². The van der Waals surface area contributed by atoms with Crippen molar-refractivity contribution in [3.05, 3.63) is 59.7 Å². The number of hydrogen-bond acceptors (Lipinski definition) is 3.